The van der Waals surface area contributed by atoms with Crippen LogP contribution in [0.1, 0.15) is 0 Å². The van der Waals surface area contributed by atoms with Crippen molar-refractivity contribution in [3.63, 3.8) is 0 Å². The second-order valence-electron chi connectivity index (χ2n) is 11.3. The Balaban J connectivity index is 1.11. The number of imidazole rings is 1. The summed E-state index contributed by atoms with van der Waals surface area (Å²) >= 11 is 0. The van der Waals surface area contributed by atoms with E-state index in [9.17, 15) is 0 Å². The van der Waals surface area contributed by atoms with Crippen LogP contribution in [0.4, 0.5) is 0 Å². The molecule has 0 N–H and O–H groups in total. The Labute approximate surface area is 254 Å². The van der Waals surface area contributed by atoms with Gasteiger partial charge in [-0.25, -0.2) is 4.98 Å². The molecule has 44 heavy (non-hydrogen) atoms. The molecule has 0 spiro atoms. The number of fused-ring (bicyclic) bond motifs is 6. The highest BCUT2D eigenvalue weighted by Crippen LogP contribution is 2.41. The molecule has 9 rings (SSSR count). The Kier molecular flexibility index (Phi) is 5.50. The molecule has 0 bridgehead atoms. The Morgan fingerprint density at radius 2 is 1.09 bits per heavy atom. The zero-order valence-electron chi connectivity index (χ0n) is 23.8. The van der Waals surface area contributed by atoms with Crippen molar-refractivity contribution in [3.8, 4) is 44.6 Å². The summed E-state index contributed by atoms with van der Waals surface area (Å²) < 4.78 is 8.53. The van der Waals surface area contributed by atoms with Gasteiger partial charge in [-0.2, -0.15) is 0 Å². The molecule has 0 aliphatic heterocycles. The van der Waals surface area contributed by atoms with Gasteiger partial charge < -0.3 is 8.82 Å². The first-order valence-corrected chi connectivity index (χ1v) is 14.9. The van der Waals surface area contributed by atoms with E-state index in [2.05, 4.69) is 138 Å². The van der Waals surface area contributed by atoms with Crippen molar-refractivity contribution in [1.82, 2.24) is 9.38 Å². The molecule has 0 radical (unpaired) electrons. The number of furan rings is 1. The molecular formula is C41H26N2O. The van der Waals surface area contributed by atoms with E-state index in [0.29, 0.717) is 0 Å². The van der Waals surface area contributed by atoms with Crippen molar-refractivity contribution in [3.05, 3.63) is 158 Å². The third-order valence-electron chi connectivity index (χ3n) is 8.66. The molecular weight excluding hydrogens is 536 g/mol. The summed E-state index contributed by atoms with van der Waals surface area (Å²) in [5.41, 5.74) is 12.0. The molecule has 206 valence electrons. The number of rotatable bonds is 4. The van der Waals surface area contributed by atoms with Gasteiger partial charge in [0, 0.05) is 34.1 Å². The van der Waals surface area contributed by atoms with Crippen LogP contribution in [0.25, 0.3) is 83.0 Å². The molecule has 0 saturated carbocycles. The molecule has 9 aromatic rings. The normalized spacial score (nSPS) is 11.6. The number of aromatic nitrogens is 2. The monoisotopic (exact) mass is 562 g/mol. The maximum atomic E-state index is 6.48. The van der Waals surface area contributed by atoms with E-state index in [1.807, 2.05) is 24.4 Å². The van der Waals surface area contributed by atoms with Crippen LogP contribution in [0.15, 0.2) is 162 Å². The molecule has 3 heterocycles. The fourth-order valence-corrected chi connectivity index (χ4v) is 6.40. The SMILES string of the molecule is c1ccc(-c2ccc3oc4c5ccccc5c(-c5ccc(-c6ccc(-c7cn8ccccc8n7)cc6)cc5)cc4c3c2)cc1. The Hall–Kier alpha value is -5.93. The second-order valence-corrected chi connectivity index (χ2v) is 11.3. The van der Waals surface area contributed by atoms with E-state index in [-0.39, 0.29) is 0 Å². The third-order valence-corrected chi connectivity index (χ3v) is 8.66. The number of pyridine rings is 1. The summed E-state index contributed by atoms with van der Waals surface area (Å²) in [7, 11) is 0. The fourth-order valence-electron chi connectivity index (χ4n) is 6.40. The van der Waals surface area contributed by atoms with Crippen molar-refractivity contribution in [1.29, 1.82) is 0 Å². The van der Waals surface area contributed by atoms with Gasteiger partial charge in [0.25, 0.3) is 0 Å². The van der Waals surface area contributed by atoms with Crippen molar-refractivity contribution in [2.45, 2.75) is 0 Å². The Morgan fingerprint density at radius 3 is 1.86 bits per heavy atom. The predicted molar refractivity (Wildman–Crippen MR) is 182 cm³/mol. The molecule has 0 aliphatic rings. The lowest BCUT2D eigenvalue weighted by atomic mass is 9.93. The highest BCUT2D eigenvalue weighted by Gasteiger charge is 2.16. The van der Waals surface area contributed by atoms with E-state index >= 15 is 0 Å². The van der Waals surface area contributed by atoms with Gasteiger partial charge in [-0.05, 0) is 69.1 Å². The van der Waals surface area contributed by atoms with Gasteiger partial charge in [0.1, 0.15) is 16.8 Å². The molecule has 0 unspecified atom stereocenters. The molecule has 0 amide bonds. The van der Waals surface area contributed by atoms with Crippen molar-refractivity contribution in [2.24, 2.45) is 0 Å². The first-order valence-electron chi connectivity index (χ1n) is 14.9. The van der Waals surface area contributed by atoms with Crippen molar-refractivity contribution >= 4 is 38.4 Å². The van der Waals surface area contributed by atoms with Crippen LogP contribution in [0.2, 0.25) is 0 Å². The van der Waals surface area contributed by atoms with Gasteiger partial charge in [-0.3, -0.25) is 0 Å². The van der Waals surface area contributed by atoms with E-state index in [1.54, 1.807) is 0 Å². The summed E-state index contributed by atoms with van der Waals surface area (Å²) in [6.07, 6.45) is 4.10. The minimum Gasteiger partial charge on any atom is -0.455 e. The molecule has 0 aliphatic carbocycles. The first kappa shape index (κ1) is 24.6. The van der Waals surface area contributed by atoms with Crippen LogP contribution >= 0.6 is 0 Å². The number of nitrogens with zero attached hydrogens (tertiary/aromatic N) is 2. The highest BCUT2D eigenvalue weighted by atomic mass is 16.3. The molecule has 0 fully saturated rings. The standard InChI is InChI=1S/C41H26N2O/c1-2-8-27(9-3-1)32-21-22-39-36(24-32)37-25-35(33-10-4-5-11-34(33)41(37)44-39)30-17-13-28(14-18-30)29-15-19-31(20-16-29)38-26-43-23-7-6-12-40(43)42-38/h1-26H. The van der Waals surface area contributed by atoms with Crippen LogP contribution in [0.5, 0.6) is 0 Å². The minimum absolute atomic E-state index is 0.907. The van der Waals surface area contributed by atoms with Gasteiger partial charge in [-0.1, -0.05) is 115 Å². The topological polar surface area (TPSA) is 30.4 Å². The van der Waals surface area contributed by atoms with Crippen LogP contribution in [0, 0.1) is 0 Å². The van der Waals surface area contributed by atoms with Crippen LogP contribution in [-0.4, -0.2) is 9.38 Å². The van der Waals surface area contributed by atoms with E-state index < -0.39 is 0 Å². The molecule has 0 atom stereocenters. The van der Waals surface area contributed by atoms with E-state index in [4.69, 9.17) is 9.40 Å². The summed E-state index contributed by atoms with van der Waals surface area (Å²) in [6.45, 7) is 0. The zero-order valence-corrected chi connectivity index (χ0v) is 23.8. The van der Waals surface area contributed by atoms with Gasteiger partial charge in [-0.15, -0.1) is 0 Å². The second kappa shape index (κ2) is 9.82. The predicted octanol–water partition coefficient (Wildman–Crippen LogP) is 11.1. The average molecular weight is 563 g/mol. The van der Waals surface area contributed by atoms with Crippen LogP contribution < -0.4 is 0 Å². The number of hydrogen-bond acceptors (Lipinski definition) is 2. The lowest BCUT2D eigenvalue weighted by molar-refractivity contribution is 0.673. The molecule has 3 nitrogen and oxygen atoms in total. The van der Waals surface area contributed by atoms with E-state index in [1.165, 1.54) is 38.8 Å². The third kappa shape index (κ3) is 4.02. The fraction of sp³-hybridized carbons (Fsp3) is 0. The number of hydrogen-bond donors (Lipinski definition) is 0. The summed E-state index contributed by atoms with van der Waals surface area (Å²) in [5.74, 6) is 0. The van der Waals surface area contributed by atoms with Gasteiger partial charge in [0.2, 0.25) is 0 Å². The van der Waals surface area contributed by atoms with Gasteiger partial charge in [0.15, 0.2) is 0 Å². The highest BCUT2D eigenvalue weighted by molar-refractivity contribution is 6.19. The number of benzene rings is 6. The molecule has 3 aromatic heterocycles. The Morgan fingerprint density at radius 1 is 0.455 bits per heavy atom. The molecule has 0 saturated heterocycles. The largest absolute Gasteiger partial charge is 0.455 e. The van der Waals surface area contributed by atoms with Crippen molar-refractivity contribution < 1.29 is 4.42 Å². The van der Waals surface area contributed by atoms with Crippen molar-refractivity contribution in [2.75, 3.05) is 0 Å². The van der Waals surface area contributed by atoms with Crippen LogP contribution in [-0.2, 0) is 0 Å². The van der Waals surface area contributed by atoms with Gasteiger partial charge >= 0.3 is 0 Å². The van der Waals surface area contributed by atoms with Crippen LogP contribution in [0.3, 0.4) is 0 Å². The quantitative estimate of drug-likeness (QED) is 0.214. The zero-order chi connectivity index (χ0) is 29.0. The van der Waals surface area contributed by atoms with E-state index in [0.717, 1.165) is 44.2 Å². The minimum atomic E-state index is 0.907. The molecule has 6 aromatic carbocycles. The maximum absolute atomic E-state index is 6.48. The smallest absolute Gasteiger partial charge is 0.143 e. The molecule has 3 heteroatoms. The summed E-state index contributed by atoms with van der Waals surface area (Å²) in [5, 5.41) is 4.59. The lowest BCUT2D eigenvalue weighted by Crippen LogP contribution is -1.85. The Bertz CT molecular complexity index is 2430. The summed E-state index contributed by atoms with van der Waals surface area (Å²) in [6, 6.07) is 51.5. The lowest BCUT2D eigenvalue weighted by Gasteiger charge is -2.10. The average Bonchev–Trinajstić information content (AvgIpc) is 3.70. The van der Waals surface area contributed by atoms with Gasteiger partial charge in [0.05, 0.1) is 5.69 Å². The first-order chi connectivity index (χ1) is 21.8. The maximum Gasteiger partial charge on any atom is 0.143 e. The summed E-state index contributed by atoms with van der Waals surface area (Å²) in [4.78, 5) is 4.77.